The minimum Gasteiger partial charge on any atom is -0.372 e. The van der Waals surface area contributed by atoms with Crippen LogP contribution >= 0.6 is 0 Å². The van der Waals surface area contributed by atoms with Crippen LogP contribution in [0.1, 0.15) is 43.4 Å². The molecule has 2 fully saturated rings. The van der Waals surface area contributed by atoms with Crippen LogP contribution in [-0.2, 0) is 12.8 Å². The first-order valence-corrected chi connectivity index (χ1v) is 10.0. The van der Waals surface area contributed by atoms with E-state index in [-0.39, 0.29) is 0 Å². The smallest absolute Gasteiger partial charge is 0.0674 e. The van der Waals surface area contributed by atoms with E-state index in [4.69, 9.17) is 5.10 Å². The lowest BCUT2D eigenvalue weighted by atomic mass is 9.91. The Morgan fingerprint density at radius 3 is 2.24 bits per heavy atom. The van der Waals surface area contributed by atoms with E-state index in [9.17, 15) is 0 Å². The summed E-state index contributed by atoms with van der Waals surface area (Å²) in [5.41, 5.74) is 5.30. The number of rotatable bonds is 3. The molecule has 1 saturated heterocycles. The first kappa shape index (κ1) is 15.4. The van der Waals surface area contributed by atoms with Gasteiger partial charge in [0.2, 0.25) is 0 Å². The monoisotopic (exact) mass is 336 g/mol. The molecule has 1 aromatic heterocycles. The highest BCUT2D eigenvalue weighted by atomic mass is 15.3. The standard InChI is InChI=1S/C21H28N4/c1-2-13-23(12-1)19-6-8-20(9-7-19)25-16-17-10-14-24(18-4-3-5-18)15-11-21(17)22-25/h6-9,16,18H,1-5,10-15H2. The summed E-state index contributed by atoms with van der Waals surface area (Å²) in [6.45, 7) is 4.79. The maximum Gasteiger partial charge on any atom is 0.0674 e. The van der Waals surface area contributed by atoms with Crippen molar-refractivity contribution in [2.45, 2.75) is 51.0 Å². The summed E-state index contributed by atoms with van der Waals surface area (Å²) in [5, 5.41) is 4.92. The van der Waals surface area contributed by atoms with Gasteiger partial charge in [0, 0.05) is 50.5 Å². The van der Waals surface area contributed by atoms with Gasteiger partial charge in [0.25, 0.3) is 0 Å². The van der Waals surface area contributed by atoms with Crippen LogP contribution < -0.4 is 4.90 Å². The molecule has 2 aromatic rings. The molecule has 1 saturated carbocycles. The van der Waals surface area contributed by atoms with Crippen LogP contribution in [0.3, 0.4) is 0 Å². The van der Waals surface area contributed by atoms with Crippen LogP contribution in [0.4, 0.5) is 5.69 Å². The van der Waals surface area contributed by atoms with E-state index in [1.807, 2.05) is 0 Å². The number of anilines is 1. The average molecular weight is 336 g/mol. The Bertz CT molecular complexity index is 697. The Morgan fingerprint density at radius 2 is 1.52 bits per heavy atom. The summed E-state index contributed by atoms with van der Waals surface area (Å²) in [5.74, 6) is 0. The normalized spacial score (nSPS) is 21.8. The number of nitrogens with zero attached hydrogens (tertiary/aromatic N) is 4. The number of aromatic nitrogens is 2. The molecule has 1 aromatic carbocycles. The fourth-order valence-electron chi connectivity index (χ4n) is 4.53. The number of fused-ring (bicyclic) bond motifs is 1. The molecule has 3 heterocycles. The van der Waals surface area contributed by atoms with E-state index in [1.165, 1.54) is 80.9 Å². The van der Waals surface area contributed by atoms with Crippen LogP contribution in [-0.4, -0.2) is 46.9 Å². The fraction of sp³-hybridized carbons (Fsp3) is 0.571. The molecule has 1 aliphatic carbocycles. The van der Waals surface area contributed by atoms with Gasteiger partial charge in [-0.2, -0.15) is 5.10 Å². The molecule has 0 unspecified atom stereocenters. The average Bonchev–Trinajstić information content (AvgIpc) is 3.23. The van der Waals surface area contributed by atoms with Gasteiger partial charge in [-0.15, -0.1) is 0 Å². The number of benzene rings is 1. The molecule has 4 nitrogen and oxygen atoms in total. The highest BCUT2D eigenvalue weighted by molar-refractivity contribution is 5.51. The zero-order chi connectivity index (χ0) is 16.6. The van der Waals surface area contributed by atoms with Gasteiger partial charge in [0.15, 0.2) is 0 Å². The highest BCUT2D eigenvalue weighted by Gasteiger charge is 2.27. The fourth-order valence-corrected chi connectivity index (χ4v) is 4.53. The molecule has 132 valence electrons. The van der Waals surface area contributed by atoms with Crippen molar-refractivity contribution in [3.05, 3.63) is 41.7 Å². The molecule has 0 atom stereocenters. The van der Waals surface area contributed by atoms with Gasteiger partial charge >= 0.3 is 0 Å². The van der Waals surface area contributed by atoms with Crippen molar-refractivity contribution in [2.75, 3.05) is 31.1 Å². The SMILES string of the molecule is c1cc(-n2cc3c(n2)CCN(C2CCC2)CC3)ccc1N1CCCC1. The Labute approximate surface area is 150 Å². The molecular weight excluding hydrogens is 308 g/mol. The Morgan fingerprint density at radius 1 is 0.800 bits per heavy atom. The van der Waals surface area contributed by atoms with E-state index in [0.717, 1.165) is 18.9 Å². The van der Waals surface area contributed by atoms with Crippen LogP contribution in [0, 0.1) is 0 Å². The zero-order valence-corrected chi connectivity index (χ0v) is 15.0. The molecular formula is C21H28N4. The minimum absolute atomic E-state index is 0.856. The van der Waals surface area contributed by atoms with Gasteiger partial charge in [-0.25, -0.2) is 4.68 Å². The van der Waals surface area contributed by atoms with Crippen LogP contribution in [0.25, 0.3) is 5.69 Å². The van der Waals surface area contributed by atoms with Gasteiger partial charge in [-0.05, 0) is 61.9 Å². The van der Waals surface area contributed by atoms with Crippen LogP contribution in [0.5, 0.6) is 0 Å². The lowest BCUT2D eigenvalue weighted by Crippen LogP contribution is -2.41. The first-order chi connectivity index (χ1) is 12.4. The van der Waals surface area contributed by atoms with Gasteiger partial charge in [0.1, 0.15) is 0 Å². The first-order valence-electron chi connectivity index (χ1n) is 10.0. The molecule has 3 aliphatic rings. The molecule has 0 spiro atoms. The van der Waals surface area contributed by atoms with Gasteiger partial charge in [-0.1, -0.05) is 6.42 Å². The Kier molecular flexibility index (Phi) is 4.01. The van der Waals surface area contributed by atoms with Crippen molar-refractivity contribution in [3.63, 3.8) is 0 Å². The lowest BCUT2D eigenvalue weighted by molar-refractivity contribution is 0.133. The molecule has 2 aliphatic heterocycles. The van der Waals surface area contributed by atoms with Gasteiger partial charge < -0.3 is 4.90 Å². The molecule has 4 heteroatoms. The van der Waals surface area contributed by atoms with Crippen molar-refractivity contribution in [2.24, 2.45) is 0 Å². The van der Waals surface area contributed by atoms with Crippen molar-refractivity contribution in [3.8, 4) is 5.69 Å². The Balaban J connectivity index is 1.31. The zero-order valence-electron chi connectivity index (χ0n) is 15.0. The van der Waals surface area contributed by atoms with Crippen molar-refractivity contribution >= 4 is 5.69 Å². The summed E-state index contributed by atoms with van der Waals surface area (Å²) >= 11 is 0. The highest BCUT2D eigenvalue weighted by Crippen LogP contribution is 2.28. The minimum atomic E-state index is 0.856. The molecule has 0 bridgehead atoms. The van der Waals surface area contributed by atoms with Crippen molar-refractivity contribution < 1.29 is 0 Å². The predicted molar refractivity (Wildman–Crippen MR) is 102 cm³/mol. The maximum atomic E-state index is 4.92. The topological polar surface area (TPSA) is 24.3 Å². The van der Waals surface area contributed by atoms with E-state index in [2.05, 4.69) is 44.9 Å². The second-order valence-corrected chi connectivity index (χ2v) is 7.88. The third kappa shape index (κ3) is 2.97. The van der Waals surface area contributed by atoms with E-state index in [0.29, 0.717) is 0 Å². The largest absolute Gasteiger partial charge is 0.372 e. The molecule has 0 amide bonds. The second kappa shape index (κ2) is 6.49. The maximum absolute atomic E-state index is 4.92. The van der Waals surface area contributed by atoms with Crippen LogP contribution in [0.2, 0.25) is 0 Å². The summed E-state index contributed by atoms with van der Waals surface area (Å²) in [4.78, 5) is 5.18. The third-order valence-electron chi connectivity index (χ3n) is 6.36. The van der Waals surface area contributed by atoms with E-state index < -0.39 is 0 Å². The van der Waals surface area contributed by atoms with E-state index in [1.54, 1.807) is 0 Å². The van der Waals surface area contributed by atoms with Crippen molar-refractivity contribution in [1.82, 2.24) is 14.7 Å². The second-order valence-electron chi connectivity index (χ2n) is 7.88. The lowest BCUT2D eigenvalue weighted by Gasteiger charge is -2.36. The molecule has 0 radical (unpaired) electrons. The van der Waals surface area contributed by atoms with E-state index >= 15 is 0 Å². The number of hydrogen-bond donors (Lipinski definition) is 0. The Hall–Kier alpha value is -1.81. The summed E-state index contributed by atoms with van der Waals surface area (Å²) < 4.78 is 2.09. The summed E-state index contributed by atoms with van der Waals surface area (Å²) in [6, 6.07) is 9.81. The predicted octanol–water partition coefficient (Wildman–Crippen LogP) is 3.43. The third-order valence-corrected chi connectivity index (χ3v) is 6.36. The molecule has 25 heavy (non-hydrogen) atoms. The number of hydrogen-bond acceptors (Lipinski definition) is 3. The van der Waals surface area contributed by atoms with Gasteiger partial charge in [-0.3, -0.25) is 4.90 Å². The quantitative estimate of drug-likeness (QED) is 0.858. The van der Waals surface area contributed by atoms with Crippen molar-refractivity contribution in [1.29, 1.82) is 0 Å². The molecule has 5 rings (SSSR count). The summed E-state index contributed by atoms with van der Waals surface area (Å²) in [6.07, 6.45) is 11.4. The van der Waals surface area contributed by atoms with Gasteiger partial charge in [0.05, 0.1) is 11.4 Å². The molecule has 0 N–H and O–H groups in total. The van der Waals surface area contributed by atoms with Crippen LogP contribution in [0.15, 0.2) is 30.5 Å². The summed E-state index contributed by atoms with van der Waals surface area (Å²) in [7, 11) is 0.